The van der Waals surface area contributed by atoms with Crippen LogP contribution in [-0.2, 0) is 0 Å². The van der Waals surface area contributed by atoms with Gasteiger partial charge in [-0.25, -0.2) is 13.6 Å². The first-order chi connectivity index (χ1) is 18.1. The van der Waals surface area contributed by atoms with Gasteiger partial charge in [-0.2, -0.15) is 10.6 Å². The Morgan fingerprint density at radius 1 is 1.15 bits per heavy atom. The highest BCUT2D eigenvalue weighted by atomic mass is 32.3. The maximum atomic E-state index is 13.8. The highest BCUT2D eigenvalue weighted by Gasteiger charge is 2.35. The van der Waals surface area contributed by atoms with Crippen LogP contribution in [0.5, 0.6) is 5.75 Å². The van der Waals surface area contributed by atoms with Crippen LogP contribution >= 0.6 is 10.6 Å². The molecule has 4 N–H and O–H groups in total. The third-order valence-corrected chi connectivity index (χ3v) is 9.09. The molecule has 1 unspecified atom stereocenters. The second-order valence-corrected chi connectivity index (χ2v) is 13.4. The number of imidazole rings is 1. The molecule has 39 heavy (non-hydrogen) atoms. The summed E-state index contributed by atoms with van der Waals surface area (Å²) in [6.45, 7) is 5.94. The number of alkyl halides is 2. The van der Waals surface area contributed by atoms with E-state index in [9.17, 15) is 32.6 Å². The van der Waals surface area contributed by atoms with E-state index >= 15 is 0 Å². The van der Waals surface area contributed by atoms with Crippen molar-refractivity contribution in [3.05, 3.63) is 58.5 Å². The van der Waals surface area contributed by atoms with Crippen molar-refractivity contribution in [2.75, 3.05) is 18.1 Å². The van der Waals surface area contributed by atoms with Crippen molar-refractivity contribution >= 4 is 27.5 Å². The topological polar surface area (TPSA) is 126 Å². The van der Waals surface area contributed by atoms with E-state index in [1.54, 1.807) is 51.1 Å². The molecule has 0 radical (unpaired) electrons. The molecule has 1 aromatic heterocycles. The van der Waals surface area contributed by atoms with Crippen LogP contribution in [0.3, 0.4) is 0 Å². The van der Waals surface area contributed by atoms with Crippen molar-refractivity contribution in [2.24, 2.45) is 0 Å². The quantitative estimate of drug-likeness (QED) is 0.310. The number of aliphatic hydroxyl groups is 1. The number of halogens is 2. The Hall–Kier alpha value is -2.93. The highest BCUT2D eigenvalue weighted by Crippen LogP contribution is 2.46. The molecular weight excluding hydrogens is 532 g/mol. The lowest BCUT2D eigenvalue weighted by Crippen LogP contribution is -2.50. The average molecular weight is 568 g/mol. The van der Waals surface area contributed by atoms with Gasteiger partial charge in [-0.15, -0.1) is 0 Å². The maximum Gasteiger partial charge on any atom is 0.334 e. The minimum Gasteiger partial charge on any atom is -0.488 e. The molecule has 214 valence electrons. The van der Waals surface area contributed by atoms with E-state index in [1.165, 1.54) is 21.3 Å². The summed E-state index contributed by atoms with van der Waals surface area (Å²) in [5, 5.41) is 13.8. The Morgan fingerprint density at radius 3 is 2.44 bits per heavy atom. The fraction of sp³-hybridized carbons (Fsp3) is 0.481. The summed E-state index contributed by atoms with van der Waals surface area (Å²) < 4.78 is 53.2. The predicted molar refractivity (Wildman–Crippen MR) is 148 cm³/mol. The van der Waals surface area contributed by atoms with Gasteiger partial charge in [0.05, 0.1) is 28.4 Å². The number of rotatable bonds is 8. The van der Waals surface area contributed by atoms with Gasteiger partial charge in [0.15, 0.2) is 0 Å². The first-order valence-electron chi connectivity index (χ1n) is 12.7. The number of hydrogen-bond acceptors (Lipinski definition) is 6. The summed E-state index contributed by atoms with van der Waals surface area (Å²) in [5.74, 6) is 0.232. The summed E-state index contributed by atoms with van der Waals surface area (Å²) in [6, 6.07) is 10.3. The number of fused-ring (bicyclic) bond motifs is 1. The zero-order chi connectivity index (χ0) is 28.8. The fourth-order valence-electron chi connectivity index (χ4n) is 4.65. The van der Waals surface area contributed by atoms with Crippen molar-refractivity contribution in [3.63, 3.8) is 0 Å². The van der Waals surface area contributed by atoms with Gasteiger partial charge in [0.2, 0.25) is 0 Å². The molecule has 3 aromatic rings. The normalized spacial score (nSPS) is 18.6. The van der Waals surface area contributed by atoms with E-state index in [4.69, 9.17) is 4.74 Å². The standard InChI is InChI=1S/C27H35F2N3O6S/c1-17(26(2,3)35)31-22-14-18(24(33)30-27(4)10-12-39(36,37)13-11-27)8-9-21(22)32(25(31)34)19-6-5-7-20(15-19)38-16-23(28)29/h5-9,14-15,17,23,35-37H,10-13,16H2,1-4H3,(H,30,33). The molecule has 2 aromatic carbocycles. The third kappa shape index (κ3) is 6.29. The Kier molecular flexibility index (Phi) is 7.87. The number of carbonyl (C=O) groups is 1. The van der Waals surface area contributed by atoms with Crippen LogP contribution in [0.15, 0.2) is 47.3 Å². The van der Waals surface area contributed by atoms with E-state index in [0.717, 1.165) is 0 Å². The molecule has 12 heteroatoms. The van der Waals surface area contributed by atoms with Crippen LogP contribution in [0, 0.1) is 0 Å². The average Bonchev–Trinajstić information content (AvgIpc) is 3.14. The molecule has 1 saturated heterocycles. The monoisotopic (exact) mass is 567 g/mol. The summed E-state index contributed by atoms with van der Waals surface area (Å²) in [5.41, 5.74) is -0.845. The van der Waals surface area contributed by atoms with Crippen molar-refractivity contribution in [1.29, 1.82) is 0 Å². The maximum absolute atomic E-state index is 13.8. The smallest absolute Gasteiger partial charge is 0.334 e. The van der Waals surface area contributed by atoms with Gasteiger partial charge < -0.3 is 15.2 Å². The van der Waals surface area contributed by atoms with Crippen molar-refractivity contribution < 1.29 is 32.5 Å². The largest absolute Gasteiger partial charge is 0.488 e. The van der Waals surface area contributed by atoms with Crippen molar-refractivity contribution in [1.82, 2.24) is 14.5 Å². The van der Waals surface area contributed by atoms with E-state index in [0.29, 0.717) is 35.1 Å². The SMILES string of the molecule is CC(n1c(=O)n(-c2cccc(OCC(F)F)c2)c2ccc(C(=O)NC3(C)CCS(O)(O)CC3)cc21)C(C)(C)O. The molecule has 1 fully saturated rings. The van der Waals surface area contributed by atoms with E-state index in [1.807, 2.05) is 6.92 Å². The molecule has 4 rings (SSSR count). The summed E-state index contributed by atoms with van der Waals surface area (Å²) >= 11 is 0. The molecule has 0 bridgehead atoms. The van der Waals surface area contributed by atoms with Gasteiger partial charge in [-0.1, -0.05) is 6.07 Å². The van der Waals surface area contributed by atoms with Crippen LogP contribution < -0.4 is 15.7 Å². The Balaban J connectivity index is 1.78. The van der Waals surface area contributed by atoms with Crippen molar-refractivity contribution in [3.8, 4) is 11.4 Å². The zero-order valence-electron chi connectivity index (χ0n) is 22.4. The molecule has 0 spiro atoms. The van der Waals surface area contributed by atoms with E-state index < -0.39 is 46.5 Å². The third-order valence-electron chi connectivity index (χ3n) is 7.37. The zero-order valence-corrected chi connectivity index (χ0v) is 23.2. The Bertz CT molecular complexity index is 1420. The first kappa shape index (κ1) is 29.1. The molecule has 0 saturated carbocycles. The van der Waals surface area contributed by atoms with Crippen LogP contribution in [0.25, 0.3) is 16.7 Å². The molecule has 0 aliphatic carbocycles. The van der Waals surface area contributed by atoms with Crippen LogP contribution in [0.4, 0.5) is 8.78 Å². The lowest BCUT2D eigenvalue weighted by atomic mass is 9.94. The second-order valence-electron chi connectivity index (χ2n) is 10.9. The van der Waals surface area contributed by atoms with Gasteiger partial charge in [0.1, 0.15) is 12.4 Å². The molecule has 1 atom stereocenters. The van der Waals surface area contributed by atoms with Gasteiger partial charge >= 0.3 is 5.69 Å². The Morgan fingerprint density at radius 2 is 1.82 bits per heavy atom. The molecule has 1 aliphatic rings. The number of carbonyl (C=O) groups excluding carboxylic acids is 1. The number of nitrogens with zero attached hydrogens (tertiary/aromatic N) is 2. The lowest BCUT2D eigenvalue weighted by Gasteiger charge is -2.44. The molecular formula is C27H35F2N3O6S. The summed E-state index contributed by atoms with van der Waals surface area (Å²) in [4.78, 5) is 27.1. The first-order valence-corrected chi connectivity index (χ1v) is 14.6. The summed E-state index contributed by atoms with van der Waals surface area (Å²) in [7, 11) is -2.61. The number of ether oxygens (including phenoxy) is 1. The second kappa shape index (κ2) is 10.6. The van der Waals surface area contributed by atoms with Gasteiger partial charge in [0, 0.05) is 28.7 Å². The molecule has 1 aliphatic heterocycles. The number of benzene rings is 2. The number of hydrogen-bond donors (Lipinski definition) is 4. The van der Waals surface area contributed by atoms with Gasteiger partial charge in [-0.05, 0) is 70.9 Å². The lowest BCUT2D eigenvalue weighted by molar-refractivity contribution is 0.0307. The predicted octanol–water partition coefficient (Wildman–Crippen LogP) is 4.80. The van der Waals surface area contributed by atoms with E-state index in [-0.39, 0.29) is 23.2 Å². The number of amides is 1. The van der Waals surface area contributed by atoms with Gasteiger partial charge in [-0.3, -0.25) is 23.0 Å². The summed E-state index contributed by atoms with van der Waals surface area (Å²) in [6.07, 6.45) is -1.81. The fourth-order valence-corrected chi connectivity index (χ4v) is 6.41. The van der Waals surface area contributed by atoms with E-state index in [2.05, 4.69) is 5.32 Å². The Labute approximate surface area is 226 Å². The number of aromatic nitrogens is 2. The van der Waals surface area contributed by atoms with Crippen molar-refractivity contribution in [2.45, 2.75) is 64.1 Å². The molecule has 2 heterocycles. The molecule has 1 amide bonds. The van der Waals surface area contributed by atoms with Crippen LogP contribution in [0.1, 0.15) is 56.9 Å². The molecule has 9 nitrogen and oxygen atoms in total. The highest BCUT2D eigenvalue weighted by molar-refractivity contribution is 8.24. The minimum absolute atomic E-state index is 0.171. The number of nitrogens with one attached hydrogen (secondary N) is 1. The van der Waals surface area contributed by atoms with Crippen LogP contribution in [0.2, 0.25) is 0 Å². The van der Waals surface area contributed by atoms with Crippen LogP contribution in [-0.4, -0.2) is 64.9 Å². The van der Waals surface area contributed by atoms with Gasteiger partial charge in [0.25, 0.3) is 12.3 Å². The minimum atomic E-state index is -2.65.